The lowest BCUT2D eigenvalue weighted by Crippen LogP contribution is -2.10. The number of benzene rings is 2. The molecule has 1 amide bonds. The van der Waals surface area contributed by atoms with Crippen LogP contribution in [-0.4, -0.2) is 13.0 Å². The normalized spacial score (nSPS) is 11.2. The third kappa shape index (κ3) is 2.55. The quantitative estimate of drug-likeness (QED) is 0.597. The molecule has 0 aliphatic carbocycles. The van der Waals surface area contributed by atoms with Crippen molar-refractivity contribution in [2.45, 2.75) is 6.61 Å². The fraction of sp³-hybridized carbons (Fsp3) is 0.105. The zero-order valence-electron chi connectivity index (χ0n) is 13.0. The summed E-state index contributed by atoms with van der Waals surface area (Å²) in [6.07, 6.45) is 0. The standard InChI is InChI=1S/C19H15NO4/c1-22-11-13-7-9-17(23-13)19(21)20-12-6-8-15-14-4-2-3-5-16(14)24-18(15)10-12/h2-10H,11H2,1H3,(H,20,21). The van der Waals surface area contributed by atoms with Crippen LogP contribution in [0.2, 0.25) is 0 Å². The number of hydrogen-bond donors (Lipinski definition) is 1. The first-order valence-corrected chi connectivity index (χ1v) is 7.55. The maximum Gasteiger partial charge on any atom is 0.291 e. The molecular weight excluding hydrogens is 306 g/mol. The molecule has 0 bridgehead atoms. The minimum atomic E-state index is -0.312. The van der Waals surface area contributed by atoms with Crippen molar-refractivity contribution >= 4 is 33.5 Å². The first kappa shape index (κ1) is 14.5. The first-order chi connectivity index (χ1) is 11.7. The van der Waals surface area contributed by atoms with Crippen LogP contribution in [0.25, 0.3) is 21.9 Å². The van der Waals surface area contributed by atoms with Crippen molar-refractivity contribution in [3.8, 4) is 0 Å². The lowest BCUT2D eigenvalue weighted by molar-refractivity contribution is 0.0987. The molecule has 1 N–H and O–H groups in total. The van der Waals surface area contributed by atoms with Gasteiger partial charge < -0.3 is 18.9 Å². The maximum absolute atomic E-state index is 12.3. The summed E-state index contributed by atoms with van der Waals surface area (Å²) in [6.45, 7) is 0.332. The second kappa shape index (κ2) is 5.86. The highest BCUT2D eigenvalue weighted by Gasteiger charge is 2.13. The van der Waals surface area contributed by atoms with Crippen molar-refractivity contribution in [3.05, 3.63) is 66.1 Å². The monoisotopic (exact) mass is 321 g/mol. The van der Waals surface area contributed by atoms with E-state index in [2.05, 4.69) is 5.32 Å². The predicted molar refractivity (Wildman–Crippen MR) is 91.1 cm³/mol. The fourth-order valence-corrected chi connectivity index (χ4v) is 2.72. The number of hydrogen-bond acceptors (Lipinski definition) is 4. The van der Waals surface area contributed by atoms with Gasteiger partial charge in [0.05, 0.1) is 0 Å². The van der Waals surface area contributed by atoms with Gasteiger partial charge in [-0.3, -0.25) is 4.79 Å². The van der Waals surface area contributed by atoms with Gasteiger partial charge in [0, 0.05) is 29.6 Å². The van der Waals surface area contributed by atoms with Crippen molar-refractivity contribution in [2.75, 3.05) is 12.4 Å². The topological polar surface area (TPSA) is 64.6 Å². The summed E-state index contributed by atoms with van der Waals surface area (Å²) >= 11 is 0. The summed E-state index contributed by atoms with van der Waals surface area (Å²) < 4.78 is 16.2. The molecule has 2 aromatic heterocycles. The van der Waals surface area contributed by atoms with E-state index in [9.17, 15) is 4.79 Å². The van der Waals surface area contributed by atoms with Gasteiger partial charge in [-0.05, 0) is 30.3 Å². The van der Waals surface area contributed by atoms with Crippen LogP contribution in [0.15, 0.2) is 63.4 Å². The largest absolute Gasteiger partial charge is 0.456 e. The van der Waals surface area contributed by atoms with Gasteiger partial charge in [-0.1, -0.05) is 18.2 Å². The van der Waals surface area contributed by atoms with Gasteiger partial charge in [0.2, 0.25) is 0 Å². The van der Waals surface area contributed by atoms with Crippen LogP contribution in [0.4, 0.5) is 5.69 Å². The number of amides is 1. The molecule has 0 atom stereocenters. The summed E-state index contributed by atoms with van der Waals surface area (Å²) in [4.78, 5) is 12.3. The molecule has 4 rings (SSSR count). The van der Waals surface area contributed by atoms with E-state index < -0.39 is 0 Å². The van der Waals surface area contributed by atoms with E-state index in [1.165, 1.54) is 0 Å². The minimum absolute atomic E-state index is 0.242. The van der Waals surface area contributed by atoms with Gasteiger partial charge in [-0.15, -0.1) is 0 Å². The van der Waals surface area contributed by atoms with Crippen molar-refractivity contribution in [3.63, 3.8) is 0 Å². The highest BCUT2D eigenvalue weighted by atomic mass is 16.5. The summed E-state index contributed by atoms with van der Waals surface area (Å²) in [6, 6.07) is 16.8. The maximum atomic E-state index is 12.3. The van der Waals surface area contributed by atoms with E-state index in [-0.39, 0.29) is 11.7 Å². The summed E-state index contributed by atoms with van der Waals surface area (Å²) in [5, 5.41) is 4.89. The SMILES string of the molecule is COCc1ccc(C(=O)Nc2ccc3c(c2)oc2ccccc23)o1. The Balaban J connectivity index is 1.61. The summed E-state index contributed by atoms with van der Waals surface area (Å²) in [5.41, 5.74) is 2.20. The van der Waals surface area contributed by atoms with Crippen LogP contribution < -0.4 is 5.32 Å². The number of nitrogens with one attached hydrogen (secondary N) is 1. The fourth-order valence-electron chi connectivity index (χ4n) is 2.72. The molecule has 24 heavy (non-hydrogen) atoms. The molecule has 120 valence electrons. The van der Waals surface area contributed by atoms with Crippen LogP contribution in [0.1, 0.15) is 16.3 Å². The Morgan fingerprint density at radius 2 is 1.83 bits per heavy atom. The molecule has 2 aromatic carbocycles. The van der Waals surface area contributed by atoms with Gasteiger partial charge in [-0.2, -0.15) is 0 Å². The molecule has 0 fully saturated rings. The van der Waals surface area contributed by atoms with Crippen LogP contribution in [0.3, 0.4) is 0 Å². The third-order valence-corrected chi connectivity index (χ3v) is 3.81. The lowest BCUT2D eigenvalue weighted by atomic mass is 10.1. The Morgan fingerprint density at radius 1 is 1.00 bits per heavy atom. The smallest absolute Gasteiger partial charge is 0.291 e. The zero-order chi connectivity index (χ0) is 16.5. The zero-order valence-corrected chi connectivity index (χ0v) is 13.0. The van der Waals surface area contributed by atoms with E-state index in [0.717, 1.165) is 21.9 Å². The molecule has 2 heterocycles. The van der Waals surface area contributed by atoms with E-state index in [1.807, 2.05) is 42.5 Å². The second-order valence-corrected chi connectivity index (χ2v) is 5.46. The van der Waals surface area contributed by atoms with Crippen molar-refractivity contribution in [1.29, 1.82) is 0 Å². The molecule has 5 nitrogen and oxygen atoms in total. The second-order valence-electron chi connectivity index (χ2n) is 5.46. The number of methoxy groups -OCH3 is 1. The Labute approximate surface area is 137 Å². The number of carbonyl (C=O) groups excluding carboxylic acids is 1. The third-order valence-electron chi connectivity index (χ3n) is 3.81. The van der Waals surface area contributed by atoms with E-state index in [0.29, 0.717) is 18.1 Å². The van der Waals surface area contributed by atoms with E-state index in [4.69, 9.17) is 13.6 Å². The van der Waals surface area contributed by atoms with Gasteiger partial charge >= 0.3 is 0 Å². The number of carbonyl (C=O) groups is 1. The highest BCUT2D eigenvalue weighted by molar-refractivity contribution is 6.07. The number of furan rings is 2. The molecule has 0 aliphatic rings. The molecule has 0 saturated heterocycles. The molecule has 0 aliphatic heterocycles. The average molecular weight is 321 g/mol. The van der Waals surface area contributed by atoms with Gasteiger partial charge in [0.25, 0.3) is 5.91 Å². The van der Waals surface area contributed by atoms with Crippen LogP contribution in [0, 0.1) is 0 Å². The molecule has 4 aromatic rings. The number of rotatable bonds is 4. The Bertz CT molecular complexity index is 1030. The van der Waals surface area contributed by atoms with Crippen molar-refractivity contribution in [2.24, 2.45) is 0 Å². The average Bonchev–Trinajstić information content (AvgIpc) is 3.19. The highest BCUT2D eigenvalue weighted by Crippen LogP contribution is 2.30. The number of ether oxygens (including phenoxy) is 1. The van der Waals surface area contributed by atoms with Crippen molar-refractivity contribution in [1.82, 2.24) is 0 Å². The summed E-state index contributed by atoms with van der Waals surface area (Å²) in [7, 11) is 1.57. The minimum Gasteiger partial charge on any atom is -0.456 e. The van der Waals surface area contributed by atoms with E-state index in [1.54, 1.807) is 19.2 Å². The molecule has 5 heteroatoms. The summed E-state index contributed by atoms with van der Waals surface area (Å²) in [5.74, 6) is 0.537. The van der Waals surface area contributed by atoms with Gasteiger partial charge in [-0.25, -0.2) is 0 Å². The van der Waals surface area contributed by atoms with Gasteiger partial charge in [0.1, 0.15) is 23.5 Å². The molecule has 0 saturated carbocycles. The Morgan fingerprint density at radius 3 is 2.71 bits per heavy atom. The molecule has 0 unspecified atom stereocenters. The molecule has 0 spiro atoms. The molecule has 0 radical (unpaired) electrons. The number of para-hydroxylation sites is 1. The van der Waals surface area contributed by atoms with E-state index >= 15 is 0 Å². The van der Waals surface area contributed by atoms with Crippen LogP contribution in [-0.2, 0) is 11.3 Å². The Hall–Kier alpha value is -3.05. The number of anilines is 1. The Kier molecular flexibility index (Phi) is 3.55. The first-order valence-electron chi connectivity index (χ1n) is 7.55. The predicted octanol–water partition coefficient (Wildman–Crippen LogP) is 4.58. The van der Waals surface area contributed by atoms with Crippen LogP contribution >= 0.6 is 0 Å². The lowest BCUT2D eigenvalue weighted by Gasteiger charge is -2.03. The molecular formula is C19H15NO4. The van der Waals surface area contributed by atoms with Crippen molar-refractivity contribution < 1.29 is 18.4 Å². The van der Waals surface area contributed by atoms with Crippen LogP contribution in [0.5, 0.6) is 0 Å². The van der Waals surface area contributed by atoms with Gasteiger partial charge in [0.15, 0.2) is 5.76 Å². The number of fused-ring (bicyclic) bond motifs is 3.